The van der Waals surface area contributed by atoms with Crippen molar-refractivity contribution in [2.24, 2.45) is 5.92 Å². The molecule has 1 aromatic carbocycles. The number of hydrogen-bond acceptors (Lipinski definition) is 6. The maximum atomic E-state index is 12.6. The van der Waals surface area contributed by atoms with E-state index >= 15 is 0 Å². The quantitative estimate of drug-likeness (QED) is 0.601. The first kappa shape index (κ1) is 23.1. The fourth-order valence-corrected chi connectivity index (χ4v) is 3.52. The van der Waals surface area contributed by atoms with Crippen molar-refractivity contribution in [2.45, 2.75) is 25.8 Å². The highest BCUT2D eigenvalue weighted by Crippen LogP contribution is 2.25. The van der Waals surface area contributed by atoms with Crippen molar-refractivity contribution in [3.05, 3.63) is 41.5 Å². The summed E-state index contributed by atoms with van der Waals surface area (Å²) in [5.74, 6) is 2.18. The van der Waals surface area contributed by atoms with Crippen LogP contribution in [0.25, 0.3) is 0 Å². The molecule has 2 aromatic rings. The number of rotatable bonds is 10. The van der Waals surface area contributed by atoms with Crippen molar-refractivity contribution in [1.82, 2.24) is 25.4 Å². The van der Waals surface area contributed by atoms with E-state index in [0.717, 1.165) is 43.1 Å². The van der Waals surface area contributed by atoms with E-state index in [9.17, 15) is 4.79 Å². The predicted octanol–water partition coefficient (Wildman–Crippen LogP) is 1.48. The summed E-state index contributed by atoms with van der Waals surface area (Å²) in [6.07, 6.45) is 4.37. The smallest absolute Gasteiger partial charge is 0.251 e. The molecule has 1 unspecified atom stereocenters. The molecule has 0 saturated carbocycles. The van der Waals surface area contributed by atoms with Crippen LogP contribution in [0.3, 0.4) is 0 Å². The maximum absolute atomic E-state index is 12.6. The Labute approximate surface area is 177 Å². The third kappa shape index (κ3) is 6.42. The normalized spacial score (nSPS) is 15.7. The Morgan fingerprint density at radius 1 is 1.38 bits per heavy atom. The third-order valence-electron chi connectivity index (χ3n) is 5.08. The zero-order valence-corrected chi connectivity index (χ0v) is 17.8. The Morgan fingerprint density at radius 2 is 2.24 bits per heavy atom. The average molecular weight is 424 g/mol. The van der Waals surface area contributed by atoms with Gasteiger partial charge >= 0.3 is 0 Å². The fraction of sp³-hybridized carbons (Fsp3) is 0.550. The van der Waals surface area contributed by atoms with Crippen molar-refractivity contribution in [3.8, 4) is 5.75 Å². The summed E-state index contributed by atoms with van der Waals surface area (Å²) >= 11 is 0. The molecule has 0 spiro atoms. The lowest BCUT2D eigenvalue weighted by atomic mass is 9.96. The summed E-state index contributed by atoms with van der Waals surface area (Å²) in [4.78, 5) is 12.6. The summed E-state index contributed by atoms with van der Waals surface area (Å²) in [6, 6.07) is 5.65. The molecule has 2 heterocycles. The molecule has 9 heteroatoms. The molecule has 0 aliphatic carbocycles. The van der Waals surface area contributed by atoms with Crippen LogP contribution in [0.1, 0.15) is 28.2 Å². The second-order valence-corrected chi connectivity index (χ2v) is 7.03. The fourth-order valence-electron chi connectivity index (χ4n) is 3.52. The van der Waals surface area contributed by atoms with E-state index in [0.29, 0.717) is 37.6 Å². The lowest BCUT2D eigenvalue weighted by Gasteiger charge is -2.14. The number of benzene rings is 1. The van der Waals surface area contributed by atoms with Gasteiger partial charge in [0.1, 0.15) is 17.9 Å². The number of hydrogen-bond donors (Lipinski definition) is 2. The van der Waals surface area contributed by atoms with Gasteiger partial charge in [-0.2, -0.15) is 0 Å². The van der Waals surface area contributed by atoms with Crippen molar-refractivity contribution < 1.29 is 14.3 Å². The van der Waals surface area contributed by atoms with E-state index in [2.05, 4.69) is 20.8 Å². The van der Waals surface area contributed by atoms with Crippen molar-refractivity contribution in [3.63, 3.8) is 0 Å². The van der Waals surface area contributed by atoms with Gasteiger partial charge in [0.15, 0.2) is 0 Å². The van der Waals surface area contributed by atoms with Crippen LogP contribution in [0.2, 0.25) is 0 Å². The minimum atomic E-state index is -0.0867. The van der Waals surface area contributed by atoms with Crippen molar-refractivity contribution in [1.29, 1.82) is 0 Å². The number of methoxy groups -OCH3 is 2. The number of aromatic nitrogens is 3. The zero-order valence-electron chi connectivity index (χ0n) is 17.0. The molecule has 1 aromatic heterocycles. The first-order chi connectivity index (χ1) is 13.7. The van der Waals surface area contributed by atoms with Gasteiger partial charge in [0.25, 0.3) is 5.91 Å². The Balaban J connectivity index is 0.00000300. The summed E-state index contributed by atoms with van der Waals surface area (Å²) in [5.41, 5.74) is 1.74. The lowest BCUT2D eigenvalue weighted by molar-refractivity contribution is 0.0953. The second kappa shape index (κ2) is 11.7. The van der Waals surface area contributed by atoms with Gasteiger partial charge in [-0.1, -0.05) is 0 Å². The van der Waals surface area contributed by atoms with Crippen LogP contribution in [-0.2, 0) is 24.1 Å². The van der Waals surface area contributed by atoms with Gasteiger partial charge in [0, 0.05) is 32.2 Å². The molecule has 1 aliphatic heterocycles. The molecule has 1 saturated heterocycles. The van der Waals surface area contributed by atoms with Crippen LogP contribution in [0, 0.1) is 5.92 Å². The highest BCUT2D eigenvalue weighted by Gasteiger charge is 2.18. The Kier molecular flexibility index (Phi) is 9.37. The molecule has 3 rings (SSSR count). The molecule has 1 atom stereocenters. The monoisotopic (exact) mass is 423 g/mol. The Morgan fingerprint density at radius 3 is 2.97 bits per heavy atom. The summed E-state index contributed by atoms with van der Waals surface area (Å²) in [5, 5.41) is 14.4. The van der Waals surface area contributed by atoms with Crippen LogP contribution in [-0.4, -0.2) is 61.1 Å². The summed E-state index contributed by atoms with van der Waals surface area (Å²) in [7, 11) is 3.34. The van der Waals surface area contributed by atoms with Crippen LogP contribution in [0.5, 0.6) is 5.75 Å². The first-order valence-corrected chi connectivity index (χ1v) is 9.72. The third-order valence-corrected chi connectivity index (χ3v) is 5.08. The van der Waals surface area contributed by atoms with E-state index in [1.54, 1.807) is 20.5 Å². The molecule has 8 nitrogen and oxygen atoms in total. The molecule has 0 radical (unpaired) electrons. The number of nitrogens with one attached hydrogen (secondary N) is 2. The van der Waals surface area contributed by atoms with Crippen LogP contribution in [0.15, 0.2) is 24.5 Å². The molecule has 1 amide bonds. The van der Waals surface area contributed by atoms with E-state index < -0.39 is 0 Å². The number of carbonyl (C=O) groups excluding carboxylic acids is 1. The number of amides is 1. The van der Waals surface area contributed by atoms with Crippen molar-refractivity contribution in [2.75, 3.05) is 40.5 Å². The van der Waals surface area contributed by atoms with Gasteiger partial charge in [0.2, 0.25) is 0 Å². The molecular formula is C20H30ClN5O3. The molecular weight excluding hydrogens is 394 g/mol. The molecule has 1 aliphatic rings. The van der Waals surface area contributed by atoms with Gasteiger partial charge in [-0.3, -0.25) is 4.79 Å². The summed E-state index contributed by atoms with van der Waals surface area (Å²) < 4.78 is 12.5. The van der Waals surface area contributed by atoms with Gasteiger partial charge in [0.05, 0.1) is 13.7 Å². The van der Waals surface area contributed by atoms with Crippen LogP contribution in [0.4, 0.5) is 0 Å². The Bertz CT molecular complexity index is 777. The number of carbonyl (C=O) groups is 1. The predicted molar refractivity (Wildman–Crippen MR) is 113 cm³/mol. The van der Waals surface area contributed by atoms with Crippen molar-refractivity contribution >= 4 is 18.3 Å². The number of ether oxygens (including phenoxy) is 2. The standard InChI is InChI=1S/C20H29N5O3.ClH/c1-27-10-9-25-14-23-24-19(25)6-8-22-20(26)16-3-4-18(28-2)17(12-16)11-15-5-7-21-13-15;/h3-4,12,14-15,21H,5-11,13H2,1-2H3,(H,22,26);1H. The molecule has 1 fully saturated rings. The highest BCUT2D eigenvalue weighted by atomic mass is 35.5. The summed E-state index contributed by atoms with van der Waals surface area (Å²) in [6.45, 7) is 3.87. The molecule has 0 bridgehead atoms. The highest BCUT2D eigenvalue weighted by molar-refractivity contribution is 5.94. The molecule has 29 heavy (non-hydrogen) atoms. The molecule has 2 N–H and O–H groups in total. The number of nitrogens with zero attached hydrogens (tertiary/aromatic N) is 3. The Hall–Kier alpha value is -2.16. The van der Waals surface area contributed by atoms with Crippen LogP contribution >= 0.6 is 12.4 Å². The minimum Gasteiger partial charge on any atom is -0.496 e. The topological polar surface area (TPSA) is 90.3 Å². The first-order valence-electron chi connectivity index (χ1n) is 9.72. The van der Waals surface area contributed by atoms with E-state index in [4.69, 9.17) is 9.47 Å². The largest absolute Gasteiger partial charge is 0.496 e. The lowest BCUT2D eigenvalue weighted by Crippen LogP contribution is -2.27. The zero-order chi connectivity index (χ0) is 19.8. The van der Waals surface area contributed by atoms with Gasteiger partial charge in [-0.25, -0.2) is 0 Å². The van der Waals surface area contributed by atoms with E-state index in [1.807, 2.05) is 22.8 Å². The maximum Gasteiger partial charge on any atom is 0.251 e. The average Bonchev–Trinajstić information content (AvgIpc) is 3.38. The van der Waals surface area contributed by atoms with Crippen LogP contribution < -0.4 is 15.4 Å². The van der Waals surface area contributed by atoms with E-state index in [1.165, 1.54) is 0 Å². The molecule has 160 valence electrons. The minimum absolute atomic E-state index is 0. The van der Waals surface area contributed by atoms with Gasteiger partial charge in [-0.15, -0.1) is 22.6 Å². The van der Waals surface area contributed by atoms with E-state index in [-0.39, 0.29) is 18.3 Å². The van der Waals surface area contributed by atoms with Gasteiger partial charge < -0.3 is 24.7 Å². The second-order valence-electron chi connectivity index (χ2n) is 7.03. The van der Waals surface area contributed by atoms with Gasteiger partial charge in [-0.05, 0) is 55.6 Å². The SMILES string of the molecule is COCCn1cnnc1CCNC(=O)c1ccc(OC)c(CC2CCNC2)c1.Cl. The number of halogens is 1.